The maximum atomic E-state index is 13.3. The molecule has 3 aromatic carbocycles. The number of para-hydroxylation sites is 1. The third-order valence-corrected chi connectivity index (χ3v) is 6.75. The maximum absolute atomic E-state index is 13.3. The molecule has 0 atom stereocenters. The van der Waals surface area contributed by atoms with Gasteiger partial charge in [0, 0.05) is 58.2 Å². The van der Waals surface area contributed by atoms with Gasteiger partial charge in [-0.2, -0.15) is 0 Å². The highest BCUT2D eigenvalue weighted by Crippen LogP contribution is 2.37. The van der Waals surface area contributed by atoms with Gasteiger partial charge in [0.05, 0.1) is 7.11 Å². The molecule has 0 saturated carbocycles. The predicted molar refractivity (Wildman–Crippen MR) is 134 cm³/mol. The molecule has 0 radical (unpaired) electrons. The minimum atomic E-state index is -0.406. The lowest BCUT2D eigenvalue weighted by Crippen LogP contribution is -2.44. The second-order valence-corrected chi connectivity index (χ2v) is 8.94. The zero-order valence-corrected chi connectivity index (χ0v) is 20.3. The van der Waals surface area contributed by atoms with Gasteiger partial charge < -0.3 is 10.1 Å². The van der Waals surface area contributed by atoms with Gasteiger partial charge in [-0.3, -0.25) is 29.0 Å². The molecule has 8 nitrogen and oxygen atoms in total. The molecule has 36 heavy (non-hydrogen) atoms. The number of ether oxygens (including phenoxy) is 1. The smallest absolute Gasteiger partial charge is 0.261 e. The summed E-state index contributed by atoms with van der Waals surface area (Å²) in [5.74, 6) is -0.783. The predicted octanol–water partition coefficient (Wildman–Crippen LogP) is 3.63. The van der Waals surface area contributed by atoms with Gasteiger partial charge in [0.1, 0.15) is 5.75 Å². The number of rotatable bonds is 9. The number of hydrogen-bond donors (Lipinski definition) is 1. The van der Waals surface area contributed by atoms with E-state index in [1.165, 1.54) is 9.80 Å². The summed E-state index contributed by atoms with van der Waals surface area (Å²) in [6.07, 6.45) is 1.22. The summed E-state index contributed by atoms with van der Waals surface area (Å²) in [7, 11) is 1.63. The first kappa shape index (κ1) is 23.7. The number of carbonyl (C=O) groups excluding carboxylic acids is 4. The Bertz CT molecular complexity index is 1340. The molecule has 0 saturated heterocycles. The normalized spacial score (nSPS) is 14.7. The molecule has 0 aromatic heterocycles. The van der Waals surface area contributed by atoms with Crippen LogP contribution in [0.3, 0.4) is 0 Å². The molecule has 184 valence electrons. The van der Waals surface area contributed by atoms with Gasteiger partial charge in [-0.15, -0.1) is 0 Å². The molecule has 0 bridgehead atoms. The largest absolute Gasteiger partial charge is 0.496 e. The number of hydrogen-bond acceptors (Lipinski definition) is 6. The molecule has 2 heterocycles. The summed E-state index contributed by atoms with van der Waals surface area (Å²) in [6, 6.07) is 14.1. The molecule has 0 aliphatic carbocycles. The van der Waals surface area contributed by atoms with Crippen molar-refractivity contribution >= 4 is 34.4 Å². The molecule has 0 spiro atoms. The minimum absolute atomic E-state index is 0.253. The van der Waals surface area contributed by atoms with E-state index in [2.05, 4.69) is 5.32 Å². The van der Waals surface area contributed by atoms with Crippen LogP contribution in [0.2, 0.25) is 0 Å². The number of amides is 4. The summed E-state index contributed by atoms with van der Waals surface area (Å²) in [4.78, 5) is 55.2. The highest BCUT2D eigenvalue weighted by atomic mass is 16.5. The molecule has 8 heteroatoms. The second-order valence-electron chi connectivity index (χ2n) is 8.94. The Hall–Kier alpha value is -4.04. The Kier molecular flexibility index (Phi) is 6.28. The summed E-state index contributed by atoms with van der Waals surface area (Å²) in [5.41, 5.74) is 2.43. The average molecular weight is 486 g/mol. The summed E-state index contributed by atoms with van der Waals surface area (Å²) in [6.45, 7) is 3.68. The Morgan fingerprint density at radius 1 is 0.722 bits per heavy atom. The SMILES string of the molecule is CCCN1C(=O)c2ccc3c4c(ccc(c24)C1=O)C(=O)N(CCCNCc1ccccc1OC)C3=O. The number of imide groups is 2. The molecular weight excluding hydrogens is 458 g/mol. The van der Waals surface area contributed by atoms with Gasteiger partial charge in [-0.05, 0) is 49.7 Å². The van der Waals surface area contributed by atoms with Crippen LogP contribution in [-0.4, -0.2) is 60.2 Å². The van der Waals surface area contributed by atoms with E-state index in [0.29, 0.717) is 65.5 Å². The van der Waals surface area contributed by atoms with E-state index in [1.54, 1.807) is 31.4 Å². The molecule has 2 aliphatic rings. The van der Waals surface area contributed by atoms with Crippen LogP contribution in [0.5, 0.6) is 5.75 Å². The van der Waals surface area contributed by atoms with Gasteiger partial charge in [-0.1, -0.05) is 25.1 Å². The number of nitrogens with zero attached hydrogens (tertiary/aromatic N) is 2. The van der Waals surface area contributed by atoms with Crippen LogP contribution >= 0.6 is 0 Å². The zero-order valence-electron chi connectivity index (χ0n) is 20.3. The molecule has 0 unspecified atom stereocenters. The van der Waals surface area contributed by atoms with Crippen LogP contribution in [0.1, 0.15) is 66.8 Å². The Morgan fingerprint density at radius 2 is 1.22 bits per heavy atom. The van der Waals surface area contributed by atoms with Crippen molar-refractivity contribution < 1.29 is 23.9 Å². The number of methoxy groups -OCH3 is 1. The van der Waals surface area contributed by atoms with Crippen molar-refractivity contribution in [3.63, 3.8) is 0 Å². The first-order valence-corrected chi connectivity index (χ1v) is 12.1. The fourth-order valence-electron chi connectivity index (χ4n) is 5.04. The molecule has 2 aliphatic heterocycles. The first-order valence-electron chi connectivity index (χ1n) is 12.1. The molecule has 4 amide bonds. The highest BCUT2D eigenvalue weighted by Gasteiger charge is 2.39. The Labute approximate surface area is 208 Å². The lowest BCUT2D eigenvalue weighted by molar-refractivity contribution is 0.0588. The Morgan fingerprint density at radius 3 is 1.72 bits per heavy atom. The van der Waals surface area contributed by atoms with Crippen molar-refractivity contribution in [1.82, 2.24) is 15.1 Å². The van der Waals surface area contributed by atoms with Crippen molar-refractivity contribution in [3.8, 4) is 5.75 Å². The van der Waals surface area contributed by atoms with E-state index in [-0.39, 0.29) is 18.4 Å². The van der Waals surface area contributed by atoms with E-state index in [1.807, 2.05) is 31.2 Å². The quantitative estimate of drug-likeness (QED) is 0.367. The van der Waals surface area contributed by atoms with Crippen molar-refractivity contribution in [2.45, 2.75) is 26.3 Å². The zero-order chi connectivity index (χ0) is 25.4. The van der Waals surface area contributed by atoms with E-state index < -0.39 is 11.8 Å². The highest BCUT2D eigenvalue weighted by molar-refractivity contribution is 6.33. The molecular formula is C28H27N3O5. The third kappa shape index (κ3) is 3.74. The first-order chi connectivity index (χ1) is 17.5. The maximum Gasteiger partial charge on any atom is 0.261 e. The third-order valence-electron chi connectivity index (χ3n) is 6.75. The fraction of sp³-hybridized carbons (Fsp3) is 0.286. The van der Waals surface area contributed by atoms with Crippen LogP contribution in [-0.2, 0) is 6.54 Å². The van der Waals surface area contributed by atoms with Crippen LogP contribution in [0.15, 0.2) is 48.5 Å². The van der Waals surface area contributed by atoms with Crippen LogP contribution in [0.25, 0.3) is 10.8 Å². The molecule has 5 rings (SSSR count). The van der Waals surface area contributed by atoms with E-state index >= 15 is 0 Å². The van der Waals surface area contributed by atoms with Crippen molar-refractivity contribution in [1.29, 1.82) is 0 Å². The average Bonchev–Trinajstić information content (AvgIpc) is 2.90. The second kappa shape index (κ2) is 9.54. The summed E-state index contributed by atoms with van der Waals surface area (Å²) < 4.78 is 5.36. The lowest BCUT2D eigenvalue weighted by atomic mass is 9.86. The number of carbonyl (C=O) groups is 4. The van der Waals surface area contributed by atoms with Gasteiger partial charge in [0.15, 0.2) is 0 Å². The van der Waals surface area contributed by atoms with Crippen LogP contribution in [0.4, 0.5) is 0 Å². The number of benzene rings is 3. The van der Waals surface area contributed by atoms with Gasteiger partial charge in [0.2, 0.25) is 0 Å². The topological polar surface area (TPSA) is 96.0 Å². The summed E-state index contributed by atoms with van der Waals surface area (Å²) in [5, 5.41) is 4.15. The molecule has 0 fully saturated rings. The van der Waals surface area contributed by atoms with E-state index in [9.17, 15) is 19.2 Å². The van der Waals surface area contributed by atoms with Crippen molar-refractivity contribution in [2.24, 2.45) is 0 Å². The monoisotopic (exact) mass is 485 g/mol. The van der Waals surface area contributed by atoms with Gasteiger partial charge in [-0.25, -0.2) is 0 Å². The van der Waals surface area contributed by atoms with Crippen LogP contribution < -0.4 is 10.1 Å². The minimum Gasteiger partial charge on any atom is -0.496 e. The molecule has 3 aromatic rings. The lowest BCUT2D eigenvalue weighted by Gasteiger charge is -2.31. The van der Waals surface area contributed by atoms with Gasteiger partial charge >= 0.3 is 0 Å². The van der Waals surface area contributed by atoms with E-state index in [0.717, 1.165) is 11.3 Å². The van der Waals surface area contributed by atoms with Crippen molar-refractivity contribution in [2.75, 3.05) is 26.7 Å². The molecule has 1 N–H and O–H groups in total. The Balaban J connectivity index is 1.35. The van der Waals surface area contributed by atoms with Crippen molar-refractivity contribution in [3.05, 3.63) is 76.3 Å². The fourth-order valence-corrected chi connectivity index (χ4v) is 5.04. The van der Waals surface area contributed by atoms with Crippen LogP contribution in [0, 0.1) is 0 Å². The summed E-state index contributed by atoms with van der Waals surface area (Å²) >= 11 is 0. The number of nitrogens with one attached hydrogen (secondary N) is 1. The standard InChI is InChI=1S/C28H27N3O5/c1-3-14-30-25(32)18-9-11-20-24-21(12-10-19(23(18)24)26(30)33)28(35)31(27(20)34)15-6-13-29-16-17-7-4-5-8-22(17)36-2/h4-5,7-12,29H,3,6,13-16H2,1-2H3. The van der Waals surface area contributed by atoms with E-state index in [4.69, 9.17) is 4.74 Å². The van der Waals surface area contributed by atoms with Gasteiger partial charge in [0.25, 0.3) is 23.6 Å².